The Labute approximate surface area is 102 Å². The molecule has 16 heavy (non-hydrogen) atoms. The molecule has 2 nitrogen and oxygen atoms in total. The van der Waals surface area contributed by atoms with Crippen LogP contribution in [0.3, 0.4) is 0 Å². The topological polar surface area (TPSA) is 35.2 Å². The predicted molar refractivity (Wildman–Crippen MR) is 58.2 cm³/mol. The summed E-state index contributed by atoms with van der Waals surface area (Å²) in [6.45, 7) is 0. The molecule has 0 heterocycles. The highest BCUT2D eigenvalue weighted by Gasteiger charge is 2.39. The van der Waals surface area contributed by atoms with E-state index in [1.165, 1.54) is 19.2 Å². The van der Waals surface area contributed by atoms with E-state index in [0.717, 1.165) is 6.07 Å². The van der Waals surface area contributed by atoms with Crippen molar-refractivity contribution in [2.45, 2.75) is 12.2 Å². The number of methoxy groups -OCH3 is 1. The molecule has 0 saturated heterocycles. The van der Waals surface area contributed by atoms with Crippen LogP contribution < -0.4 is 10.5 Å². The highest BCUT2D eigenvalue weighted by Crippen LogP contribution is 2.36. The first-order valence-electron chi connectivity index (χ1n) is 4.02. The van der Waals surface area contributed by atoms with Crippen molar-refractivity contribution in [3.63, 3.8) is 0 Å². The number of benzene rings is 1. The maximum Gasteiger partial charge on any atom is 0.407 e. The monoisotopic (exact) mass is 275 g/mol. The number of alkyl halides is 3. The Kier molecular flexibility index (Phi) is 5.38. The third-order valence-electron chi connectivity index (χ3n) is 1.88. The van der Waals surface area contributed by atoms with Gasteiger partial charge in [-0.2, -0.15) is 13.2 Å². The van der Waals surface area contributed by atoms with Crippen LogP contribution in [0.15, 0.2) is 18.2 Å². The summed E-state index contributed by atoms with van der Waals surface area (Å²) in [4.78, 5) is 0. The molecule has 0 aliphatic rings. The van der Waals surface area contributed by atoms with Crippen LogP contribution in [0.25, 0.3) is 0 Å². The van der Waals surface area contributed by atoms with Crippen LogP contribution in [0, 0.1) is 0 Å². The van der Waals surface area contributed by atoms with E-state index in [9.17, 15) is 13.2 Å². The molecule has 1 atom stereocenters. The summed E-state index contributed by atoms with van der Waals surface area (Å²) in [6, 6.07) is 1.85. The Balaban J connectivity index is 0.00000225. The van der Waals surface area contributed by atoms with Crippen LogP contribution in [-0.2, 0) is 0 Å². The lowest BCUT2D eigenvalue weighted by atomic mass is 10.1. The minimum Gasteiger partial charge on any atom is -0.496 e. The van der Waals surface area contributed by atoms with Gasteiger partial charge in [0.1, 0.15) is 11.8 Å². The van der Waals surface area contributed by atoms with E-state index in [1.54, 1.807) is 0 Å². The van der Waals surface area contributed by atoms with E-state index in [4.69, 9.17) is 22.1 Å². The molecule has 0 spiro atoms. The second kappa shape index (κ2) is 5.61. The first-order chi connectivity index (χ1) is 6.86. The van der Waals surface area contributed by atoms with E-state index in [-0.39, 0.29) is 28.7 Å². The van der Waals surface area contributed by atoms with Gasteiger partial charge in [-0.15, -0.1) is 12.4 Å². The Morgan fingerprint density at radius 3 is 2.38 bits per heavy atom. The molecule has 1 aromatic rings. The molecule has 7 heteroatoms. The molecule has 92 valence electrons. The lowest BCUT2D eigenvalue weighted by Gasteiger charge is -2.18. The van der Waals surface area contributed by atoms with Crippen molar-refractivity contribution in [2.24, 2.45) is 5.73 Å². The van der Waals surface area contributed by atoms with E-state index >= 15 is 0 Å². The zero-order chi connectivity index (χ0) is 11.6. The first kappa shape index (κ1) is 15.3. The Morgan fingerprint density at radius 1 is 1.38 bits per heavy atom. The van der Waals surface area contributed by atoms with Gasteiger partial charge >= 0.3 is 6.18 Å². The molecule has 1 rings (SSSR count). The van der Waals surface area contributed by atoms with Crippen LogP contribution in [0.4, 0.5) is 13.2 Å². The van der Waals surface area contributed by atoms with E-state index in [2.05, 4.69) is 0 Å². The zero-order valence-electron chi connectivity index (χ0n) is 8.22. The fourth-order valence-corrected chi connectivity index (χ4v) is 1.31. The average molecular weight is 276 g/mol. The van der Waals surface area contributed by atoms with Crippen LogP contribution >= 0.6 is 24.0 Å². The molecule has 0 aliphatic heterocycles. The summed E-state index contributed by atoms with van der Waals surface area (Å²) >= 11 is 5.59. The lowest BCUT2D eigenvalue weighted by Crippen LogP contribution is -2.28. The molecule has 0 saturated carbocycles. The third-order valence-corrected chi connectivity index (χ3v) is 2.11. The lowest BCUT2D eigenvalue weighted by molar-refractivity contribution is -0.149. The molecule has 2 N–H and O–H groups in total. The van der Waals surface area contributed by atoms with Crippen LogP contribution in [-0.4, -0.2) is 13.3 Å². The van der Waals surface area contributed by atoms with Crippen molar-refractivity contribution in [2.75, 3.05) is 7.11 Å². The van der Waals surface area contributed by atoms with Crippen molar-refractivity contribution in [3.05, 3.63) is 28.8 Å². The van der Waals surface area contributed by atoms with E-state index in [0.29, 0.717) is 0 Å². The number of rotatable bonds is 2. The van der Waals surface area contributed by atoms with Gasteiger partial charge in [0.25, 0.3) is 0 Å². The minimum absolute atomic E-state index is 0. The quantitative estimate of drug-likeness (QED) is 0.899. The number of halogens is 5. The van der Waals surface area contributed by atoms with Crippen LogP contribution in [0.2, 0.25) is 5.02 Å². The fourth-order valence-electron chi connectivity index (χ4n) is 1.12. The summed E-state index contributed by atoms with van der Waals surface area (Å²) in [5.74, 6) is 0.0734. The molecule has 1 aromatic carbocycles. The number of nitrogens with two attached hydrogens (primary N) is 1. The third kappa shape index (κ3) is 3.43. The van der Waals surface area contributed by atoms with Crippen molar-refractivity contribution < 1.29 is 17.9 Å². The van der Waals surface area contributed by atoms with Gasteiger partial charge in [0.05, 0.1) is 7.11 Å². The van der Waals surface area contributed by atoms with Crippen molar-refractivity contribution in [3.8, 4) is 5.75 Å². The molecular weight excluding hydrogens is 266 g/mol. The van der Waals surface area contributed by atoms with Crippen LogP contribution in [0.5, 0.6) is 5.75 Å². The van der Waals surface area contributed by atoms with Crippen LogP contribution in [0.1, 0.15) is 11.6 Å². The van der Waals surface area contributed by atoms with Gasteiger partial charge < -0.3 is 10.5 Å². The zero-order valence-corrected chi connectivity index (χ0v) is 9.79. The maximum atomic E-state index is 12.4. The molecule has 0 bridgehead atoms. The van der Waals surface area contributed by atoms with Gasteiger partial charge in [-0.25, -0.2) is 0 Å². The summed E-state index contributed by atoms with van der Waals surface area (Å²) in [7, 11) is 1.27. The number of ether oxygens (including phenoxy) is 1. The van der Waals surface area contributed by atoms with Gasteiger partial charge in [-0.05, 0) is 18.2 Å². The summed E-state index contributed by atoms with van der Waals surface area (Å²) in [5, 5.41) is 0.186. The molecule has 0 fully saturated rings. The summed E-state index contributed by atoms with van der Waals surface area (Å²) in [5.41, 5.74) is 4.88. The maximum absolute atomic E-state index is 12.4. The van der Waals surface area contributed by atoms with Gasteiger partial charge in [0, 0.05) is 10.6 Å². The largest absolute Gasteiger partial charge is 0.496 e. The molecule has 0 aliphatic carbocycles. The molecule has 0 amide bonds. The van der Waals surface area contributed by atoms with Crippen molar-refractivity contribution in [1.29, 1.82) is 0 Å². The van der Waals surface area contributed by atoms with Gasteiger partial charge in [-0.1, -0.05) is 11.6 Å². The van der Waals surface area contributed by atoms with E-state index < -0.39 is 12.2 Å². The standard InChI is InChI=1S/C9H9ClF3NO.ClH/c1-15-7-3-2-5(10)4-6(7)8(14)9(11,12)13;/h2-4,8H,14H2,1H3;1H/t8-;/m1./s1. The van der Waals surface area contributed by atoms with Gasteiger partial charge in [0.15, 0.2) is 0 Å². The Bertz CT molecular complexity index is 357. The molecule has 0 radical (unpaired) electrons. The Hall–Kier alpha value is -0.650. The highest BCUT2D eigenvalue weighted by molar-refractivity contribution is 6.30. The SMILES string of the molecule is COc1ccc(Cl)cc1[C@@H](N)C(F)(F)F.Cl. The van der Waals surface area contributed by atoms with E-state index in [1.807, 2.05) is 0 Å². The highest BCUT2D eigenvalue weighted by atomic mass is 35.5. The van der Waals surface area contributed by atoms with Gasteiger partial charge in [0.2, 0.25) is 0 Å². The van der Waals surface area contributed by atoms with Gasteiger partial charge in [-0.3, -0.25) is 0 Å². The number of hydrogen-bond acceptors (Lipinski definition) is 2. The number of hydrogen-bond donors (Lipinski definition) is 1. The van der Waals surface area contributed by atoms with Crippen molar-refractivity contribution in [1.82, 2.24) is 0 Å². The second-order valence-electron chi connectivity index (χ2n) is 2.91. The fraction of sp³-hybridized carbons (Fsp3) is 0.333. The first-order valence-corrected chi connectivity index (χ1v) is 4.39. The van der Waals surface area contributed by atoms with Crippen molar-refractivity contribution >= 4 is 24.0 Å². The summed E-state index contributed by atoms with van der Waals surface area (Å²) in [6.07, 6.45) is -4.52. The Morgan fingerprint density at radius 2 is 1.94 bits per heavy atom. The molecule has 0 unspecified atom stereocenters. The minimum atomic E-state index is -4.52. The smallest absolute Gasteiger partial charge is 0.407 e. The predicted octanol–water partition coefficient (Wildman–Crippen LogP) is 3.33. The second-order valence-corrected chi connectivity index (χ2v) is 3.34. The molecule has 0 aromatic heterocycles. The summed E-state index contributed by atoms with van der Waals surface area (Å²) < 4.78 is 41.9. The molecular formula is C9H10Cl2F3NO. The normalized spacial score (nSPS) is 12.9. The average Bonchev–Trinajstić information content (AvgIpc) is 2.15.